The summed E-state index contributed by atoms with van der Waals surface area (Å²) in [6, 6.07) is 11.2. The number of benzene rings is 1. The van der Waals surface area contributed by atoms with Gasteiger partial charge in [-0.1, -0.05) is 18.2 Å². The lowest BCUT2D eigenvalue weighted by molar-refractivity contribution is 0.173. The molecule has 3 N–H and O–H groups in total. The Morgan fingerprint density at radius 3 is 2.55 bits per heavy atom. The third-order valence-corrected chi connectivity index (χ3v) is 4.13. The van der Waals surface area contributed by atoms with Crippen molar-refractivity contribution in [2.75, 3.05) is 25.5 Å². The fourth-order valence-corrected chi connectivity index (χ4v) is 2.59. The van der Waals surface area contributed by atoms with Gasteiger partial charge in [0.1, 0.15) is 0 Å². The van der Waals surface area contributed by atoms with Crippen molar-refractivity contribution >= 4 is 23.1 Å². The second-order valence-electron chi connectivity index (χ2n) is 5.14. The third kappa shape index (κ3) is 4.75. The van der Waals surface area contributed by atoms with Crippen molar-refractivity contribution in [1.82, 2.24) is 10.6 Å². The van der Waals surface area contributed by atoms with Gasteiger partial charge in [0.05, 0.1) is 12.6 Å². The van der Waals surface area contributed by atoms with Gasteiger partial charge in [-0.2, -0.15) is 0 Å². The molecule has 1 aromatic heterocycles. The summed E-state index contributed by atoms with van der Waals surface area (Å²) in [4.78, 5) is 14.8. The second-order valence-corrected chi connectivity index (χ2v) is 6.18. The Labute approximate surface area is 134 Å². The molecule has 6 heteroatoms. The Morgan fingerprint density at radius 1 is 1.23 bits per heavy atom. The number of amides is 2. The third-order valence-electron chi connectivity index (χ3n) is 3.25. The van der Waals surface area contributed by atoms with Crippen LogP contribution in [0, 0.1) is 0 Å². The molecule has 0 saturated carbocycles. The lowest BCUT2D eigenvalue weighted by Gasteiger charge is -2.16. The maximum absolute atomic E-state index is 11.7. The van der Waals surface area contributed by atoms with Crippen molar-refractivity contribution in [1.29, 1.82) is 0 Å². The molecule has 1 atom stereocenters. The van der Waals surface area contributed by atoms with Gasteiger partial charge in [-0.25, -0.2) is 4.79 Å². The number of nitrogens with one attached hydrogen (secondary N) is 2. The molecule has 0 aliphatic heterocycles. The molecule has 2 rings (SSSR count). The van der Waals surface area contributed by atoms with Crippen LogP contribution >= 0.6 is 11.3 Å². The van der Waals surface area contributed by atoms with E-state index >= 15 is 0 Å². The van der Waals surface area contributed by atoms with Gasteiger partial charge in [0.25, 0.3) is 0 Å². The van der Waals surface area contributed by atoms with Crippen LogP contribution in [0.5, 0.6) is 0 Å². The number of aliphatic hydroxyl groups excluding tert-OH is 1. The molecular weight excluding hydrogens is 298 g/mol. The molecule has 118 valence electrons. The van der Waals surface area contributed by atoms with E-state index in [1.807, 2.05) is 60.8 Å². The highest BCUT2D eigenvalue weighted by molar-refractivity contribution is 7.09. The number of carbonyl (C=O) groups excluding carboxylic acids is 1. The number of thiophene rings is 1. The first kappa shape index (κ1) is 16.3. The normalized spacial score (nSPS) is 11.8. The summed E-state index contributed by atoms with van der Waals surface area (Å²) in [6.45, 7) is 0.675. The predicted octanol–water partition coefficient (Wildman–Crippen LogP) is 2.35. The van der Waals surface area contributed by atoms with Crippen LogP contribution in [-0.2, 0) is 6.54 Å². The molecule has 0 saturated heterocycles. The van der Waals surface area contributed by atoms with E-state index in [2.05, 4.69) is 10.6 Å². The lowest BCUT2D eigenvalue weighted by atomic mass is 10.1. The van der Waals surface area contributed by atoms with E-state index in [1.54, 1.807) is 11.3 Å². The molecule has 1 heterocycles. The summed E-state index contributed by atoms with van der Waals surface area (Å²) >= 11 is 1.59. The fourth-order valence-electron chi connectivity index (χ4n) is 1.94. The van der Waals surface area contributed by atoms with Gasteiger partial charge >= 0.3 is 6.03 Å². The van der Waals surface area contributed by atoms with E-state index in [4.69, 9.17) is 0 Å². The summed E-state index contributed by atoms with van der Waals surface area (Å²) in [7, 11) is 3.93. The molecular formula is C16H21N3O2S. The summed E-state index contributed by atoms with van der Waals surface area (Å²) in [5.74, 6) is 0. The van der Waals surface area contributed by atoms with Gasteiger partial charge in [0.2, 0.25) is 0 Å². The molecule has 0 bridgehead atoms. The quantitative estimate of drug-likeness (QED) is 0.766. The smallest absolute Gasteiger partial charge is 0.315 e. The van der Waals surface area contributed by atoms with Gasteiger partial charge in [-0.15, -0.1) is 11.3 Å². The number of urea groups is 1. The lowest BCUT2D eigenvalue weighted by Crippen LogP contribution is -2.37. The SMILES string of the molecule is CN(C)c1ccc([C@@H](O)CNC(=O)NCc2cccs2)cc1. The molecule has 0 spiro atoms. The van der Waals surface area contributed by atoms with Gasteiger partial charge in [-0.05, 0) is 29.1 Å². The Balaban J connectivity index is 1.76. The summed E-state index contributed by atoms with van der Waals surface area (Å²) < 4.78 is 0. The van der Waals surface area contributed by atoms with E-state index in [0.29, 0.717) is 6.54 Å². The molecule has 0 aliphatic rings. The number of hydrogen-bond donors (Lipinski definition) is 3. The Kier molecular flexibility index (Phi) is 5.80. The molecule has 0 fully saturated rings. The van der Waals surface area contributed by atoms with Crippen LogP contribution in [0.2, 0.25) is 0 Å². The number of aliphatic hydroxyl groups is 1. The van der Waals surface area contributed by atoms with Crippen LogP contribution in [0.4, 0.5) is 10.5 Å². The molecule has 0 radical (unpaired) electrons. The summed E-state index contributed by atoms with van der Waals surface area (Å²) in [5.41, 5.74) is 1.85. The van der Waals surface area contributed by atoms with Crippen molar-refractivity contribution in [2.24, 2.45) is 0 Å². The maximum Gasteiger partial charge on any atom is 0.315 e. The zero-order valence-corrected chi connectivity index (χ0v) is 13.6. The zero-order valence-electron chi connectivity index (χ0n) is 12.7. The van der Waals surface area contributed by atoms with Crippen molar-refractivity contribution in [3.63, 3.8) is 0 Å². The van der Waals surface area contributed by atoms with Gasteiger partial charge in [0, 0.05) is 31.2 Å². The number of rotatable bonds is 6. The Morgan fingerprint density at radius 2 is 1.95 bits per heavy atom. The first-order valence-electron chi connectivity index (χ1n) is 7.05. The molecule has 22 heavy (non-hydrogen) atoms. The van der Waals surface area contributed by atoms with E-state index in [0.717, 1.165) is 16.1 Å². The molecule has 1 aromatic carbocycles. The topological polar surface area (TPSA) is 64.6 Å². The highest BCUT2D eigenvalue weighted by Crippen LogP contribution is 2.17. The van der Waals surface area contributed by atoms with Crippen molar-refractivity contribution in [3.05, 3.63) is 52.2 Å². The van der Waals surface area contributed by atoms with Crippen LogP contribution in [0.3, 0.4) is 0 Å². The molecule has 0 aliphatic carbocycles. The van der Waals surface area contributed by atoms with E-state index in [9.17, 15) is 9.90 Å². The summed E-state index contributed by atoms with van der Waals surface area (Å²) in [5, 5.41) is 17.5. The highest BCUT2D eigenvalue weighted by atomic mass is 32.1. The van der Waals surface area contributed by atoms with Crippen LogP contribution in [0.15, 0.2) is 41.8 Å². The van der Waals surface area contributed by atoms with E-state index in [-0.39, 0.29) is 12.6 Å². The van der Waals surface area contributed by atoms with Crippen LogP contribution in [0.1, 0.15) is 16.5 Å². The van der Waals surface area contributed by atoms with Crippen molar-refractivity contribution in [3.8, 4) is 0 Å². The molecule has 5 nitrogen and oxygen atoms in total. The average molecular weight is 319 g/mol. The standard InChI is InChI=1S/C16H21N3O2S/c1-19(2)13-7-5-12(6-8-13)15(20)11-18-16(21)17-10-14-4-3-9-22-14/h3-9,15,20H,10-11H2,1-2H3,(H2,17,18,21)/t15-/m0/s1. The van der Waals surface area contributed by atoms with Gasteiger partial charge in [0.15, 0.2) is 0 Å². The molecule has 2 aromatic rings. The molecule has 2 amide bonds. The maximum atomic E-state index is 11.7. The van der Waals surface area contributed by atoms with Crippen LogP contribution in [-0.4, -0.2) is 31.8 Å². The minimum Gasteiger partial charge on any atom is -0.387 e. The van der Waals surface area contributed by atoms with Gasteiger partial charge in [-0.3, -0.25) is 0 Å². The Hall–Kier alpha value is -2.05. The van der Waals surface area contributed by atoms with E-state index in [1.165, 1.54) is 0 Å². The fraction of sp³-hybridized carbons (Fsp3) is 0.312. The van der Waals surface area contributed by atoms with Crippen molar-refractivity contribution in [2.45, 2.75) is 12.6 Å². The van der Waals surface area contributed by atoms with E-state index < -0.39 is 6.10 Å². The zero-order chi connectivity index (χ0) is 15.9. The number of anilines is 1. The first-order chi connectivity index (χ1) is 10.6. The predicted molar refractivity (Wildman–Crippen MR) is 90.3 cm³/mol. The summed E-state index contributed by atoms with van der Waals surface area (Å²) in [6.07, 6.45) is -0.719. The Bertz CT molecular complexity index is 582. The monoisotopic (exact) mass is 319 g/mol. The number of carbonyl (C=O) groups is 1. The van der Waals surface area contributed by atoms with Gasteiger partial charge < -0.3 is 20.6 Å². The minimum atomic E-state index is -0.719. The first-order valence-corrected chi connectivity index (χ1v) is 7.93. The molecule has 0 unspecified atom stereocenters. The largest absolute Gasteiger partial charge is 0.387 e. The average Bonchev–Trinajstić information content (AvgIpc) is 3.04. The number of nitrogens with zero attached hydrogens (tertiary/aromatic N) is 1. The van der Waals surface area contributed by atoms with Crippen LogP contribution in [0.25, 0.3) is 0 Å². The highest BCUT2D eigenvalue weighted by Gasteiger charge is 2.09. The minimum absolute atomic E-state index is 0.178. The van der Waals surface area contributed by atoms with Crippen LogP contribution < -0.4 is 15.5 Å². The number of hydrogen-bond acceptors (Lipinski definition) is 4. The second kappa shape index (κ2) is 7.82. The van der Waals surface area contributed by atoms with Crippen molar-refractivity contribution < 1.29 is 9.90 Å².